The standard InChI is InChI=1S/C26H20F3N3O4/c1-17-5-9-21(10-6-17)32-23(33)31(20-11-7-18(14-30)8-12-20)24(15-35-16-24)25(32,34)19-3-2-4-22(13-19)36-26(27,28)29/h2-13,34H,15-16H2,1H3. The van der Waals surface area contributed by atoms with Crippen molar-refractivity contribution in [3.63, 3.8) is 0 Å². The quantitative estimate of drug-likeness (QED) is 0.561. The highest BCUT2D eigenvalue weighted by atomic mass is 19.4. The maximum Gasteiger partial charge on any atom is 0.573 e. The highest BCUT2D eigenvalue weighted by Crippen LogP contribution is 2.54. The highest BCUT2D eigenvalue weighted by molar-refractivity contribution is 6.09. The van der Waals surface area contributed by atoms with Crippen molar-refractivity contribution in [2.24, 2.45) is 0 Å². The van der Waals surface area contributed by atoms with Crippen molar-refractivity contribution < 1.29 is 32.5 Å². The number of rotatable bonds is 4. The lowest BCUT2D eigenvalue weighted by Gasteiger charge is -2.51. The van der Waals surface area contributed by atoms with Crippen LogP contribution in [0.4, 0.5) is 29.3 Å². The first kappa shape index (κ1) is 23.7. The SMILES string of the molecule is Cc1ccc(N2C(=O)N(c3ccc(C#N)cc3)C3(COC3)C2(O)c2cccc(OC(F)(F)F)c2)cc1. The summed E-state index contributed by atoms with van der Waals surface area (Å²) in [7, 11) is 0. The summed E-state index contributed by atoms with van der Waals surface area (Å²) in [4.78, 5) is 16.6. The molecule has 2 fully saturated rings. The Kier molecular flexibility index (Phi) is 5.43. The van der Waals surface area contributed by atoms with Crippen LogP contribution in [0.25, 0.3) is 0 Å². The van der Waals surface area contributed by atoms with Crippen LogP contribution in [0.5, 0.6) is 5.75 Å². The minimum absolute atomic E-state index is 0.0256. The van der Waals surface area contributed by atoms with Gasteiger partial charge in [0.1, 0.15) is 11.3 Å². The van der Waals surface area contributed by atoms with Gasteiger partial charge in [-0.1, -0.05) is 29.8 Å². The number of amides is 2. The van der Waals surface area contributed by atoms with Gasteiger partial charge in [-0.25, -0.2) is 4.79 Å². The third-order valence-corrected chi connectivity index (χ3v) is 6.48. The maximum atomic E-state index is 14.0. The van der Waals surface area contributed by atoms with E-state index in [1.54, 1.807) is 48.5 Å². The van der Waals surface area contributed by atoms with Crippen molar-refractivity contribution >= 4 is 17.4 Å². The molecule has 0 aliphatic carbocycles. The molecular weight excluding hydrogens is 475 g/mol. The molecule has 0 bridgehead atoms. The van der Waals surface area contributed by atoms with Crippen LogP contribution in [0, 0.1) is 18.3 Å². The van der Waals surface area contributed by atoms with Crippen LogP contribution in [0.15, 0.2) is 72.8 Å². The Balaban J connectivity index is 1.72. The normalized spacial score (nSPS) is 20.8. The van der Waals surface area contributed by atoms with Gasteiger partial charge in [-0.05, 0) is 55.5 Å². The Morgan fingerprint density at radius 1 is 1.00 bits per heavy atom. The zero-order valence-electron chi connectivity index (χ0n) is 19.0. The van der Waals surface area contributed by atoms with Gasteiger partial charge in [0.05, 0.1) is 24.8 Å². The predicted molar refractivity (Wildman–Crippen MR) is 123 cm³/mol. The summed E-state index contributed by atoms with van der Waals surface area (Å²) in [5.41, 5.74) is -1.43. The van der Waals surface area contributed by atoms with E-state index in [-0.39, 0.29) is 18.8 Å². The molecule has 2 aliphatic heterocycles. The number of nitrogens with zero attached hydrogens (tertiary/aromatic N) is 3. The number of nitriles is 1. The fourth-order valence-electron chi connectivity index (χ4n) is 4.75. The summed E-state index contributed by atoms with van der Waals surface area (Å²) < 4.78 is 48.5. The summed E-state index contributed by atoms with van der Waals surface area (Å²) >= 11 is 0. The van der Waals surface area contributed by atoms with E-state index in [4.69, 9.17) is 10.00 Å². The molecule has 0 saturated carbocycles. The molecular formula is C26H20F3N3O4. The number of carbonyl (C=O) groups excluding carboxylic acids is 1. The average Bonchev–Trinajstić information content (AvgIpc) is 3.03. The Labute approximate surface area is 204 Å². The molecule has 1 spiro atoms. The van der Waals surface area contributed by atoms with Gasteiger partial charge in [0.25, 0.3) is 0 Å². The number of benzene rings is 3. The van der Waals surface area contributed by atoms with Crippen molar-refractivity contribution in [3.8, 4) is 11.8 Å². The van der Waals surface area contributed by atoms with Gasteiger partial charge >= 0.3 is 12.4 Å². The Bertz CT molecular complexity index is 1350. The Hall–Kier alpha value is -4.07. The fraction of sp³-hybridized carbons (Fsp3) is 0.231. The number of halogens is 3. The number of urea groups is 1. The van der Waals surface area contributed by atoms with Crippen LogP contribution >= 0.6 is 0 Å². The van der Waals surface area contributed by atoms with E-state index in [0.29, 0.717) is 16.9 Å². The summed E-state index contributed by atoms with van der Waals surface area (Å²) in [6, 6.07) is 19.5. The molecule has 10 heteroatoms. The van der Waals surface area contributed by atoms with Crippen molar-refractivity contribution in [1.29, 1.82) is 5.26 Å². The van der Waals surface area contributed by atoms with Crippen LogP contribution < -0.4 is 14.5 Å². The molecule has 2 saturated heterocycles. The smallest absolute Gasteiger partial charge is 0.406 e. The summed E-state index contributed by atoms with van der Waals surface area (Å²) in [6.07, 6.45) is -4.94. The third-order valence-electron chi connectivity index (χ3n) is 6.48. The number of aryl methyl sites for hydroxylation is 1. The van der Waals surface area contributed by atoms with Crippen LogP contribution in [0.3, 0.4) is 0 Å². The minimum Gasteiger partial charge on any atom is -0.406 e. The lowest BCUT2D eigenvalue weighted by Crippen LogP contribution is -2.70. The molecule has 3 aromatic rings. The van der Waals surface area contributed by atoms with Crippen molar-refractivity contribution in [2.75, 3.05) is 23.0 Å². The monoisotopic (exact) mass is 495 g/mol. The molecule has 0 radical (unpaired) electrons. The Morgan fingerprint density at radius 3 is 2.17 bits per heavy atom. The number of carbonyl (C=O) groups is 1. The lowest BCUT2D eigenvalue weighted by molar-refractivity contribution is -0.274. The first-order valence-electron chi connectivity index (χ1n) is 11.0. The molecule has 5 rings (SSSR count). The number of anilines is 2. The second-order valence-electron chi connectivity index (χ2n) is 8.72. The Morgan fingerprint density at radius 2 is 1.61 bits per heavy atom. The molecule has 2 amide bonds. The molecule has 184 valence electrons. The van der Waals surface area contributed by atoms with Gasteiger partial charge < -0.3 is 14.6 Å². The molecule has 0 aromatic heterocycles. The summed E-state index contributed by atoms with van der Waals surface area (Å²) in [6.45, 7) is 1.70. The molecule has 2 aliphatic rings. The zero-order valence-corrected chi connectivity index (χ0v) is 19.0. The molecule has 36 heavy (non-hydrogen) atoms. The number of alkyl halides is 3. The number of hydrogen-bond acceptors (Lipinski definition) is 5. The largest absolute Gasteiger partial charge is 0.573 e. The van der Waals surface area contributed by atoms with E-state index in [9.17, 15) is 23.1 Å². The van der Waals surface area contributed by atoms with Gasteiger partial charge in [0.15, 0.2) is 0 Å². The fourth-order valence-corrected chi connectivity index (χ4v) is 4.75. The number of hydrogen-bond donors (Lipinski definition) is 1. The minimum atomic E-state index is -4.94. The first-order valence-corrected chi connectivity index (χ1v) is 11.0. The van der Waals surface area contributed by atoms with E-state index < -0.39 is 29.4 Å². The van der Waals surface area contributed by atoms with E-state index >= 15 is 0 Å². The van der Waals surface area contributed by atoms with Gasteiger partial charge in [-0.15, -0.1) is 13.2 Å². The van der Waals surface area contributed by atoms with Crippen molar-refractivity contribution in [1.82, 2.24) is 0 Å². The maximum absolute atomic E-state index is 14.0. The van der Waals surface area contributed by atoms with Gasteiger partial charge in [-0.3, -0.25) is 9.80 Å². The highest BCUT2D eigenvalue weighted by Gasteiger charge is 2.72. The van der Waals surface area contributed by atoms with Crippen LogP contribution in [0.1, 0.15) is 16.7 Å². The summed E-state index contributed by atoms with van der Waals surface area (Å²) in [5.74, 6) is -0.531. The third kappa shape index (κ3) is 3.56. The van der Waals surface area contributed by atoms with Gasteiger partial charge in [0.2, 0.25) is 5.72 Å². The average molecular weight is 495 g/mol. The first-order chi connectivity index (χ1) is 17.1. The summed E-state index contributed by atoms with van der Waals surface area (Å²) in [5, 5.41) is 21.6. The number of aliphatic hydroxyl groups is 1. The molecule has 1 atom stereocenters. The van der Waals surface area contributed by atoms with E-state index in [1.807, 2.05) is 13.0 Å². The van der Waals surface area contributed by atoms with E-state index in [0.717, 1.165) is 17.7 Å². The van der Waals surface area contributed by atoms with Gasteiger partial charge in [0, 0.05) is 16.9 Å². The van der Waals surface area contributed by atoms with Crippen molar-refractivity contribution in [3.05, 3.63) is 89.5 Å². The van der Waals surface area contributed by atoms with Crippen molar-refractivity contribution in [2.45, 2.75) is 24.6 Å². The lowest BCUT2D eigenvalue weighted by atomic mass is 9.78. The molecule has 3 aromatic carbocycles. The second kappa shape index (κ2) is 8.26. The molecule has 1 unspecified atom stereocenters. The second-order valence-corrected chi connectivity index (χ2v) is 8.72. The number of ether oxygens (including phenoxy) is 2. The van der Waals surface area contributed by atoms with E-state index in [1.165, 1.54) is 21.9 Å². The molecule has 1 N–H and O–H groups in total. The van der Waals surface area contributed by atoms with Gasteiger partial charge in [-0.2, -0.15) is 5.26 Å². The predicted octanol–water partition coefficient (Wildman–Crippen LogP) is 4.83. The van der Waals surface area contributed by atoms with Crippen LogP contribution in [-0.2, 0) is 10.5 Å². The van der Waals surface area contributed by atoms with Crippen LogP contribution in [0.2, 0.25) is 0 Å². The molecule has 2 heterocycles. The zero-order chi connectivity index (χ0) is 25.7. The topological polar surface area (TPSA) is 86.0 Å². The van der Waals surface area contributed by atoms with Crippen LogP contribution in [-0.4, -0.2) is 36.3 Å². The van der Waals surface area contributed by atoms with E-state index in [2.05, 4.69) is 4.74 Å². The molecule has 7 nitrogen and oxygen atoms in total.